The number of aryl methyl sites for hydroxylation is 1. The third-order valence-electron chi connectivity index (χ3n) is 4.48. The number of aromatic nitrogens is 1. The first-order chi connectivity index (χ1) is 13.4. The van der Waals surface area contributed by atoms with Crippen molar-refractivity contribution in [2.45, 2.75) is 13.3 Å². The number of thiazole rings is 1. The lowest BCUT2D eigenvalue weighted by Gasteiger charge is -2.21. The van der Waals surface area contributed by atoms with E-state index in [1.54, 1.807) is 24.1 Å². The predicted molar refractivity (Wildman–Crippen MR) is 117 cm³/mol. The van der Waals surface area contributed by atoms with Crippen LogP contribution in [-0.4, -0.2) is 50.1 Å². The number of nitrogens with zero attached hydrogens (tertiary/aromatic N) is 3. The molecule has 2 aromatic carbocycles. The van der Waals surface area contributed by atoms with Crippen LogP contribution in [0.3, 0.4) is 0 Å². The van der Waals surface area contributed by atoms with Crippen LogP contribution in [0.5, 0.6) is 5.75 Å². The van der Waals surface area contributed by atoms with Crippen molar-refractivity contribution in [1.82, 2.24) is 9.88 Å². The van der Waals surface area contributed by atoms with E-state index in [1.807, 2.05) is 45.3 Å². The number of ether oxygens (including phenoxy) is 1. The van der Waals surface area contributed by atoms with Gasteiger partial charge >= 0.3 is 0 Å². The van der Waals surface area contributed by atoms with Gasteiger partial charge < -0.3 is 9.64 Å². The van der Waals surface area contributed by atoms with Gasteiger partial charge in [-0.1, -0.05) is 41.1 Å². The van der Waals surface area contributed by atoms with Gasteiger partial charge in [0, 0.05) is 6.54 Å². The highest BCUT2D eigenvalue weighted by Gasteiger charge is 2.24. The van der Waals surface area contributed by atoms with Gasteiger partial charge in [-0.2, -0.15) is 0 Å². The van der Waals surface area contributed by atoms with Gasteiger partial charge in [-0.25, -0.2) is 4.98 Å². The molecule has 28 heavy (non-hydrogen) atoms. The van der Waals surface area contributed by atoms with Crippen molar-refractivity contribution in [1.29, 1.82) is 0 Å². The lowest BCUT2D eigenvalue weighted by Crippen LogP contribution is -2.33. The van der Waals surface area contributed by atoms with E-state index < -0.39 is 0 Å². The fourth-order valence-electron chi connectivity index (χ4n) is 2.99. The number of amides is 1. The highest BCUT2D eigenvalue weighted by atomic mass is 35.5. The SMILES string of the molecule is COc1ccc(C)c2sc(N(CCCN(C)C)C(=O)c3ccccc3Cl)nc12. The molecule has 5 nitrogen and oxygen atoms in total. The molecular formula is C21H24ClN3O2S. The van der Waals surface area contributed by atoms with Crippen LogP contribution in [-0.2, 0) is 0 Å². The van der Waals surface area contributed by atoms with Gasteiger partial charge in [0.15, 0.2) is 5.13 Å². The number of anilines is 1. The molecule has 0 aliphatic rings. The first-order valence-electron chi connectivity index (χ1n) is 9.07. The molecule has 0 aliphatic heterocycles. The Morgan fingerprint density at radius 2 is 1.93 bits per heavy atom. The normalized spacial score (nSPS) is 11.2. The number of halogens is 1. The molecule has 148 valence electrons. The average Bonchev–Trinajstić information content (AvgIpc) is 3.11. The van der Waals surface area contributed by atoms with Gasteiger partial charge in [0.1, 0.15) is 11.3 Å². The summed E-state index contributed by atoms with van der Waals surface area (Å²) < 4.78 is 6.49. The Hall–Kier alpha value is -2.15. The van der Waals surface area contributed by atoms with Gasteiger partial charge in [0.25, 0.3) is 5.91 Å². The van der Waals surface area contributed by atoms with Crippen LogP contribution >= 0.6 is 22.9 Å². The van der Waals surface area contributed by atoms with Crippen molar-refractivity contribution >= 4 is 44.2 Å². The summed E-state index contributed by atoms with van der Waals surface area (Å²) in [5.41, 5.74) is 2.38. The summed E-state index contributed by atoms with van der Waals surface area (Å²) in [5, 5.41) is 1.10. The minimum atomic E-state index is -0.139. The first-order valence-corrected chi connectivity index (χ1v) is 10.3. The number of benzene rings is 2. The lowest BCUT2D eigenvalue weighted by atomic mass is 10.2. The number of hydrogen-bond donors (Lipinski definition) is 0. The van der Waals surface area contributed by atoms with Crippen LogP contribution in [0.1, 0.15) is 22.3 Å². The number of methoxy groups -OCH3 is 1. The van der Waals surface area contributed by atoms with Crippen LogP contribution in [0.15, 0.2) is 36.4 Å². The Labute approximate surface area is 174 Å². The maximum atomic E-state index is 13.3. The molecule has 1 aromatic heterocycles. The van der Waals surface area contributed by atoms with Crippen LogP contribution < -0.4 is 9.64 Å². The molecule has 0 radical (unpaired) electrons. The minimum Gasteiger partial charge on any atom is -0.494 e. The first kappa shape index (κ1) is 20.6. The maximum Gasteiger partial charge on any atom is 0.261 e. The van der Waals surface area contributed by atoms with Gasteiger partial charge in [-0.3, -0.25) is 9.69 Å². The Morgan fingerprint density at radius 3 is 2.61 bits per heavy atom. The maximum absolute atomic E-state index is 13.3. The van der Waals surface area contributed by atoms with E-state index in [2.05, 4.69) is 4.90 Å². The van der Waals surface area contributed by atoms with Crippen LogP contribution in [0.2, 0.25) is 5.02 Å². The molecule has 0 atom stereocenters. The standard InChI is InChI=1S/C21H24ClN3O2S/c1-14-10-11-17(27-4)18-19(14)28-21(23-18)25(13-7-12-24(2)3)20(26)15-8-5-6-9-16(15)22/h5-6,8-11H,7,12-13H2,1-4H3. The van der Waals surface area contributed by atoms with Gasteiger partial charge in [-0.15, -0.1) is 0 Å². The number of fused-ring (bicyclic) bond motifs is 1. The number of carbonyl (C=O) groups is 1. The van der Waals surface area contributed by atoms with E-state index in [9.17, 15) is 4.79 Å². The zero-order chi connectivity index (χ0) is 20.3. The molecular weight excluding hydrogens is 394 g/mol. The molecule has 1 amide bonds. The van der Waals surface area contributed by atoms with E-state index in [0.717, 1.165) is 28.7 Å². The minimum absolute atomic E-state index is 0.139. The number of carbonyl (C=O) groups excluding carboxylic acids is 1. The summed E-state index contributed by atoms with van der Waals surface area (Å²) in [6.07, 6.45) is 0.829. The molecule has 0 N–H and O–H groups in total. The molecule has 0 fully saturated rings. The van der Waals surface area contributed by atoms with Crippen LogP contribution in [0.25, 0.3) is 10.2 Å². The Morgan fingerprint density at radius 1 is 1.18 bits per heavy atom. The van der Waals surface area contributed by atoms with E-state index >= 15 is 0 Å². The Kier molecular flexibility index (Phi) is 6.54. The summed E-state index contributed by atoms with van der Waals surface area (Å²) >= 11 is 7.80. The average molecular weight is 418 g/mol. The van der Waals surface area contributed by atoms with E-state index in [-0.39, 0.29) is 5.91 Å². The third-order valence-corrected chi connectivity index (χ3v) is 6.02. The van der Waals surface area contributed by atoms with E-state index in [1.165, 1.54) is 11.3 Å². The molecule has 0 unspecified atom stereocenters. The van der Waals surface area contributed by atoms with Crippen LogP contribution in [0.4, 0.5) is 5.13 Å². The van der Waals surface area contributed by atoms with Crippen molar-refractivity contribution in [2.75, 3.05) is 39.2 Å². The highest BCUT2D eigenvalue weighted by Crippen LogP contribution is 2.37. The van der Waals surface area contributed by atoms with Gasteiger partial charge in [0.05, 0.1) is 22.4 Å². The molecule has 1 heterocycles. The molecule has 7 heteroatoms. The van der Waals surface area contributed by atoms with Crippen molar-refractivity contribution in [3.05, 3.63) is 52.5 Å². The monoisotopic (exact) mass is 417 g/mol. The topological polar surface area (TPSA) is 45.7 Å². The third kappa shape index (κ3) is 4.29. The molecule has 0 saturated heterocycles. The Balaban J connectivity index is 2.03. The number of rotatable bonds is 7. The molecule has 0 aliphatic carbocycles. The lowest BCUT2D eigenvalue weighted by molar-refractivity contribution is 0.0986. The van der Waals surface area contributed by atoms with Crippen molar-refractivity contribution in [3.8, 4) is 5.75 Å². The molecule has 3 rings (SSSR count). The fourth-order valence-corrected chi connectivity index (χ4v) is 4.28. The fraction of sp³-hybridized carbons (Fsp3) is 0.333. The second kappa shape index (κ2) is 8.90. The van der Waals surface area contributed by atoms with E-state index in [0.29, 0.717) is 28.0 Å². The zero-order valence-corrected chi connectivity index (χ0v) is 18.1. The molecule has 0 spiro atoms. The molecule has 0 saturated carbocycles. The summed E-state index contributed by atoms with van der Waals surface area (Å²) in [6, 6.07) is 11.0. The van der Waals surface area contributed by atoms with Gasteiger partial charge in [-0.05, 0) is 57.7 Å². The summed E-state index contributed by atoms with van der Waals surface area (Å²) in [7, 11) is 5.67. The number of hydrogen-bond acceptors (Lipinski definition) is 5. The molecule has 0 bridgehead atoms. The zero-order valence-electron chi connectivity index (χ0n) is 16.5. The quantitative estimate of drug-likeness (QED) is 0.550. The van der Waals surface area contributed by atoms with Crippen molar-refractivity contribution in [3.63, 3.8) is 0 Å². The Bertz CT molecular complexity index is 987. The van der Waals surface area contributed by atoms with Gasteiger partial charge in [0.2, 0.25) is 0 Å². The summed E-state index contributed by atoms with van der Waals surface area (Å²) in [6.45, 7) is 3.47. The highest BCUT2D eigenvalue weighted by molar-refractivity contribution is 7.22. The van der Waals surface area contributed by atoms with Crippen molar-refractivity contribution in [2.24, 2.45) is 0 Å². The van der Waals surface area contributed by atoms with E-state index in [4.69, 9.17) is 21.3 Å². The summed E-state index contributed by atoms with van der Waals surface area (Å²) in [5.74, 6) is 0.571. The van der Waals surface area contributed by atoms with Crippen molar-refractivity contribution < 1.29 is 9.53 Å². The second-order valence-electron chi connectivity index (χ2n) is 6.85. The summed E-state index contributed by atoms with van der Waals surface area (Å²) in [4.78, 5) is 21.9. The van der Waals surface area contributed by atoms with Crippen LogP contribution in [0, 0.1) is 6.92 Å². The largest absolute Gasteiger partial charge is 0.494 e. The molecule has 3 aromatic rings. The predicted octanol–water partition coefficient (Wildman–Crippen LogP) is 4.87. The second-order valence-corrected chi connectivity index (χ2v) is 8.24. The smallest absolute Gasteiger partial charge is 0.261 e.